The van der Waals surface area contributed by atoms with Crippen molar-refractivity contribution >= 4 is 11.8 Å². The fourth-order valence-electron chi connectivity index (χ4n) is 0.875. The van der Waals surface area contributed by atoms with Crippen LogP contribution in [-0.2, 0) is 0 Å². The molecule has 0 saturated heterocycles. The molecule has 0 radical (unpaired) electrons. The molecule has 1 rings (SSSR count). The third kappa shape index (κ3) is 2.88. The van der Waals surface area contributed by atoms with Gasteiger partial charge in [-0.15, -0.1) is 11.8 Å². The minimum Gasteiger partial charge on any atom is -0.319 e. The van der Waals surface area contributed by atoms with Gasteiger partial charge in [0.25, 0.3) is 0 Å². The van der Waals surface area contributed by atoms with E-state index in [2.05, 4.69) is 38.1 Å². The van der Waals surface area contributed by atoms with Gasteiger partial charge >= 0.3 is 0 Å². The number of benzene rings is 1. The van der Waals surface area contributed by atoms with Gasteiger partial charge in [0, 0.05) is 4.90 Å². The SMILES string of the molecule is CCC(N)Sc1ccc(C)cc1. The summed E-state index contributed by atoms with van der Waals surface area (Å²) in [5.74, 6) is 0. The van der Waals surface area contributed by atoms with E-state index >= 15 is 0 Å². The Balaban J connectivity index is 2.58. The molecule has 1 nitrogen and oxygen atoms in total. The fraction of sp³-hybridized carbons (Fsp3) is 0.400. The first kappa shape index (κ1) is 9.62. The predicted molar refractivity (Wildman–Crippen MR) is 55.3 cm³/mol. The molecule has 1 unspecified atom stereocenters. The molecule has 12 heavy (non-hydrogen) atoms. The van der Waals surface area contributed by atoms with Crippen LogP contribution >= 0.6 is 11.8 Å². The summed E-state index contributed by atoms with van der Waals surface area (Å²) in [5.41, 5.74) is 7.10. The van der Waals surface area contributed by atoms with Crippen LogP contribution in [0.3, 0.4) is 0 Å². The molecule has 0 aliphatic rings. The smallest absolute Gasteiger partial charge is 0.0551 e. The lowest BCUT2D eigenvalue weighted by molar-refractivity contribution is 0.868. The fourth-order valence-corrected chi connectivity index (χ4v) is 1.68. The molecule has 0 heterocycles. The van der Waals surface area contributed by atoms with E-state index < -0.39 is 0 Å². The summed E-state index contributed by atoms with van der Waals surface area (Å²) in [6, 6.07) is 8.47. The van der Waals surface area contributed by atoms with Crippen LogP contribution in [0.2, 0.25) is 0 Å². The number of thioether (sulfide) groups is 1. The van der Waals surface area contributed by atoms with Crippen LogP contribution in [0.25, 0.3) is 0 Å². The molecule has 0 aliphatic heterocycles. The van der Waals surface area contributed by atoms with Crippen LogP contribution < -0.4 is 5.73 Å². The molecule has 0 aromatic heterocycles. The summed E-state index contributed by atoms with van der Waals surface area (Å²) in [6.45, 7) is 4.19. The maximum absolute atomic E-state index is 5.81. The van der Waals surface area contributed by atoms with Gasteiger partial charge in [0.1, 0.15) is 0 Å². The van der Waals surface area contributed by atoms with Crippen molar-refractivity contribution in [2.75, 3.05) is 0 Å². The van der Waals surface area contributed by atoms with Crippen LogP contribution in [0, 0.1) is 6.92 Å². The van der Waals surface area contributed by atoms with E-state index in [9.17, 15) is 0 Å². The number of hydrogen-bond donors (Lipinski definition) is 1. The van der Waals surface area contributed by atoms with E-state index in [1.165, 1.54) is 10.5 Å². The molecule has 0 bridgehead atoms. The van der Waals surface area contributed by atoms with E-state index in [-0.39, 0.29) is 5.37 Å². The number of hydrogen-bond acceptors (Lipinski definition) is 2. The third-order valence-corrected chi connectivity index (χ3v) is 2.89. The number of rotatable bonds is 3. The zero-order valence-corrected chi connectivity index (χ0v) is 8.40. The van der Waals surface area contributed by atoms with Crippen LogP contribution in [0.1, 0.15) is 18.9 Å². The molecule has 1 aromatic rings. The topological polar surface area (TPSA) is 26.0 Å². The Morgan fingerprint density at radius 3 is 2.42 bits per heavy atom. The Bertz CT molecular complexity index is 230. The highest BCUT2D eigenvalue weighted by Crippen LogP contribution is 2.22. The molecule has 0 spiro atoms. The maximum Gasteiger partial charge on any atom is 0.0551 e. The number of aryl methyl sites for hydroxylation is 1. The van der Waals surface area contributed by atoms with Crippen molar-refractivity contribution in [2.24, 2.45) is 5.73 Å². The van der Waals surface area contributed by atoms with Gasteiger partial charge in [-0.3, -0.25) is 0 Å². The van der Waals surface area contributed by atoms with Gasteiger partial charge < -0.3 is 5.73 Å². The van der Waals surface area contributed by atoms with E-state index in [1.54, 1.807) is 11.8 Å². The van der Waals surface area contributed by atoms with Gasteiger partial charge in [-0.2, -0.15) is 0 Å². The lowest BCUT2D eigenvalue weighted by atomic mass is 10.2. The lowest BCUT2D eigenvalue weighted by Gasteiger charge is -2.07. The first-order valence-corrected chi connectivity index (χ1v) is 5.09. The molecule has 0 amide bonds. The summed E-state index contributed by atoms with van der Waals surface area (Å²) < 4.78 is 0. The van der Waals surface area contributed by atoms with E-state index in [4.69, 9.17) is 5.73 Å². The Morgan fingerprint density at radius 1 is 1.33 bits per heavy atom. The van der Waals surface area contributed by atoms with Crippen molar-refractivity contribution in [1.82, 2.24) is 0 Å². The van der Waals surface area contributed by atoms with Gasteiger partial charge in [-0.25, -0.2) is 0 Å². The molecule has 2 N–H and O–H groups in total. The zero-order chi connectivity index (χ0) is 8.97. The summed E-state index contributed by atoms with van der Waals surface area (Å²) in [7, 11) is 0. The van der Waals surface area contributed by atoms with Gasteiger partial charge in [-0.05, 0) is 25.5 Å². The minimum atomic E-state index is 0.229. The Morgan fingerprint density at radius 2 is 1.92 bits per heavy atom. The summed E-state index contributed by atoms with van der Waals surface area (Å²) in [5, 5.41) is 0.229. The highest BCUT2D eigenvalue weighted by molar-refractivity contribution is 7.99. The van der Waals surface area contributed by atoms with Crippen molar-refractivity contribution in [3.8, 4) is 0 Å². The van der Waals surface area contributed by atoms with Crippen molar-refractivity contribution in [1.29, 1.82) is 0 Å². The molecule has 0 aliphatic carbocycles. The standard InChI is InChI=1S/C10H15NS/c1-3-10(11)12-9-6-4-8(2)5-7-9/h4-7,10H,3,11H2,1-2H3. The second kappa shape index (κ2) is 4.53. The molecule has 1 atom stereocenters. The molecular formula is C10H15NS. The Labute approximate surface area is 78.4 Å². The van der Waals surface area contributed by atoms with E-state index in [0.29, 0.717) is 0 Å². The van der Waals surface area contributed by atoms with Crippen molar-refractivity contribution in [3.63, 3.8) is 0 Å². The van der Waals surface area contributed by atoms with Gasteiger partial charge in [0.05, 0.1) is 5.37 Å². The molecule has 66 valence electrons. The van der Waals surface area contributed by atoms with Gasteiger partial charge in [0.2, 0.25) is 0 Å². The second-order valence-corrected chi connectivity index (χ2v) is 4.19. The average Bonchev–Trinajstić information content (AvgIpc) is 2.09. The molecule has 0 saturated carbocycles. The highest BCUT2D eigenvalue weighted by Gasteiger charge is 2.00. The molecule has 0 fully saturated rings. The predicted octanol–water partition coefficient (Wildman–Crippen LogP) is 2.78. The first-order valence-electron chi connectivity index (χ1n) is 4.21. The Hall–Kier alpha value is -0.470. The summed E-state index contributed by atoms with van der Waals surface area (Å²) in [4.78, 5) is 1.26. The number of nitrogens with two attached hydrogens (primary N) is 1. The van der Waals surface area contributed by atoms with Gasteiger partial charge in [0.15, 0.2) is 0 Å². The van der Waals surface area contributed by atoms with E-state index in [1.807, 2.05) is 0 Å². The van der Waals surface area contributed by atoms with Crippen molar-refractivity contribution in [3.05, 3.63) is 29.8 Å². The zero-order valence-electron chi connectivity index (χ0n) is 7.58. The van der Waals surface area contributed by atoms with Crippen LogP contribution in [0.15, 0.2) is 29.2 Å². The molecule has 1 aromatic carbocycles. The molecular weight excluding hydrogens is 166 g/mol. The average molecular weight is 181 g/mol. The monoisotopic (exact) mass is 181 g/mol. The third-order valence-electron chi connectivity index (χ3n) is 1.71. The van der Waals surface area contributed by atoms with Crippen LogP contribution in [0.4, 0.5) is 0 Å². The largest absolute Gasteiger partial charge is 0.319 e. The Kier molecular flexibility index (Phi) is 3.63. The van der Waals surface area contributed by atoms with Crippen LogP contribution in [-0.4, -0.2) is 5.37 Å². The van der Waals surface area contributed by atoms with Crippen molar-refractivity contribution in [2.45, 2.75) is 30.5 Å². The summed E-state index contributed by atoms with van der Waals surface area (Å²) >= 11 is 1.73. The highest BCUT2D eigenvalue weighted by atomic mass is 32.2. The van der Waals surface area contributed by atoms with Crippen LogP contribution in [0.5, 0.6) is 0 Å². The van der Waals surface area contributed by atoms with Crippen molar-refractivity contribution < 1.29 is 0 Å². The second-order valence-electron chi connectivity index (χ2n) is 2.88. The molecule has 2 heteroatoms. The quantitative estimate of drug-likeness (QED) is 0.573. The normalized spacial score (nSPS) is 12.9. The lowest BCUT2D eigenvalue weighted by Crippen LogP contribution is -2.12. The van der Waals surface area contributed by atoms with E-state index in [0.717, 1.165) is 6.42 Å². The first-order chi connectivity index (χ1) is 5.72. The van der Waals surface area contributed by atoms with Gasteiger partial charge in [-0.1, -0.05) is 24.6 Å². The minimum absolute atomic E-state index is 0.229. The summed E-state index contributed by atoms with van der Waals surface area (Å²) in [6.07, 6.45) is 1.01. The maximum atomic E-state index is 5.81.